The molecule has 8 heteroatoms. The van der Waals surface area contributed by atoms with E-state index in [0.29, 0.717) is 5.00 Å². The minimum atomic E-state index is -1.04. The van der Waals surface area contributed by atoms with E-state index in [-0.39, 0.29) is 29.3 Å². The molecule has 0 saturated heterocycles. The molecular weight excluding hydrogens is 270 g/mol. The van der Waals surface area contributed by atoms with Crippen LogP contribution in [-0.4, -0.2) is 40.7 Å². The maximum absolute atomic E-state index is 11.9. The first kappa shape index (κ1) is 13.2. The first-order valence-corrected chi connectivity index (χ1v) is 6.27. The van der Waals surface area contributed by atoms with Crippen LogP contribution in [0.25, 0.3) is 0 Å². The van der Waals surface area contributed by atoms with Crippen molar-refractivity contribution in [3.63, 3.8) is 0 Å². The minimum Gasteiger partial charge on any atom is -0.477 e. The number of carboxylic acids is 1. The molecule has 1 aliphatic rings. The van der Waals surface area contributed by atoms with Gasteiger partial charge in [0.25, 0.3) is 5.91 Å². The topological polar surface area (TPSA) is 99.1 Å². The zero-order valence-corrected chi connectivity index (χ0v) is 10.9. The molecule has 0 bridgehead atoms. The lowest BCUT2D eigenvalue weighted by Gasteiger charge is -2.18. The molecule has 100 valence electrons. The van der Waals surface area contributed by atoms with E-state index in [1.54, 1.807) is 0 Å². The molecule has 0 saturated carbocycles. The van der Waals surface area contributed by atoms with Gasteiger partial charge in [0.1, 0.15) is 10.6 Å². The molecule has 2 heterocycles. The van der Waals surface area contributed by atoms with Crippen molar-refractivity contribution in [1.82, 2.24) is 5.01 Å². The standard InChI is InChI=1S/C11H11N3O4S/c1-14-9(15)5-2-6(13-14)10(16)12-8-4-3-7(19-8)11(17)18/h3-4H,2,5H2,1H3,(H,12,16)(H,17,18). The Morgan fingerprint density at radius 3 is 2.74 bits per heavy atom. The summed E-state index contributed by atoms with van der Waals surface area (Å²) in [5.41, 5.74) is 0.257. The van der Waals surface area contributed by atoms with E-state index in [1.807, 2.05) is 0 Å². The molecule has 0 atom stereocenters. The van der Waals surface area contributed by atoms with E-state index in [1.165, 1.54) is 19.2 Å². The lowest BCUT2D eigenvalue weighted by Crippen LogP contribution is -2.33. The first-order chi connectivity index (χ1) is 8.97. The second-order valence-corrected chi connectivity index (χ2v) is 4.97. The second-order valence-electron chi connectivity index (χ2n) is 3.89. The van der Waals surface area contributed by atoms with Gasteiger partial charge >= 0.3 is 5.97 Å². The number of carbonyl (C=O) groups is 3. The number of aromatic carboxylic acids is 1. The third-order valence-electron chi connectivity index (χ3n) is 2.52. The van der Waals surface area contributed by atoms with E-state index in [2.05, 4.69) is 10.4 Å². The molecule has 1 aromatic rings. The average molecular weight is 281 g/mol. The number of hydrazone groups is 1. The number of amides is 2. The van der Waals surface area contributed by atoms with Crippen LogP contribution in [-0.2, 0) is 9.59 Å². The minimum absolute atomic E-state index is 0.138. The highest BCUT2D eigenvalue weighted by atomic mass is 32.1. The summed E-state index contributed by atoms with van der Waals surface area (Å²) >= 11 is 0.968. The Kier molecular flexibility index (Phi) is 3.61. The van der Waals surface area contributed by atoms with Crippen molar-refractivity contribution in [2.75, 3.05) is 12.4 Å². The highest BCUT2D eigenvalue weighted by Crippen LogP contribution is 2.22. The highest BCUT2D eigenvalue weighted by Gasteiger charge is 2.22. The van der Waals surface area contributed by atoms with Gasteiger partial charge in [0, 0.05) is 19.9 Å². The number of nitrogens with one attached hydrogen (secondary N) is 1. The molecule has 2 amide bonds. The summed E-state index contributed by atoms with van der Waals surface area (Å²) < 4.78 is 0. The number of carbonyl (C=O) groups excluding carboxylic acids is 2. The van der Waals surface area contributed by atoms with Crippen molar-refractivity contribution in [3.8, 4) is 0 Å². The third-order valence-corrected chi connectivity index (χ3v) is 3.51. The smallest absolute Gasteiger partial charge is 0.345 e. The summed E-state index contributed by atoms with van der Waals surface area (Å²) in [6.45, 7) is 0. The van der Waals surface area contributed by atoms with Crippen LogP contribution in [0.4, 0.5) is 5.00 Å². The number of hydrogen-bond acceptors (Lipinski definition) is 5. The van der Waals surface area contributed by atoms with Crippen LogP contribution < -0.4 is 5.32 Å². The Morgan fingerprint density at radius 1 is 1.42 bits per heavy atom. The number of nitrogens with zero attached hydrogens (tertiary/aromatic N) is 2. The van der Waals surface area contributed by atoms with Crippen LogP contribution in [0.15, 0.2) is 17.2 Å². The fraction of sp³-hybridized carbons (Fsp3) is 0.273. The molecule has 1 aromatic heterocycles. The van der Waals surface area contributed by atoms with Crippen molar-refractivity contribution in [1.29, 1.82) is 0 Å². The van der Waals surface area contributed by atoms with Crippen LogP contribution in [0.5, 0.6) is 0 Å². The molecule has 19 heavy (non-hydrogen) atoms. The molecule has 0 aromatic carbocycles. The molecular formula is C11H11N3O4S. The summed E-state index contributed by atoms with van der Waals surface area (Å²) in [6, 6.07) is 2.94. The number of rotatable bonds is 3. The van der Waals surface area contributed by atoms with Crippen LogP contribution in [0, 0.1) is 0 Å². The molecule has 0 fully saturated rings. The Labute approximate surface area is 112 Å². The maximum atomic E-state index is 11.9. The fourth-order valence-electron chi connectivity index (χ4n) is 1.54. The van der Waals surface area contributed by atoms with E-state index < -0.39 is 11.9 Å². The van der Waals surface area contributed by atoms with E-state index >= 15 is 0 Å². The molecule has 0 aliphatic carbocycles. The molecule has 2 rings (SSSR count). The number of hydrogen-bond donors (Lipinski definition) is 2. The number of thiophene rings is 1. The van der Waals surface area contributed by atoms with Crippen molar-refractivity contribution in [3.05, 3.63) is 17.0 Å². The van der Waals surface area contributed by atoms with Gasteiger partial charge in [-0.25, -0.2) is 9.80 Å². The molecule has 0 spiro atoms. The molecule has 0 radical (unpaired) electrons. The molecule has 0 unspecified atom stereocenters. The molecule has 1 aliphatic heterocycles. The van der Waals surface area contributed by atoms with Crippen molar-refractivity contribution in [2.45, 2.75) is 12.8 Å². The zero-order valence-electron chi connectivity index (χ0n) is 10.0. The largest absolute Gasteiger partial charge is 0.477 e. The van der Waals surface area contributed by atoms with Crippen molar-refractivity contribution < 1.29 is 19.5 Å². The van der Waals surface area contributed by atoms with Gasteiger partial charge in [0.15, 0.2) is 0 Å². The van der Waals surface area contributed by atoms with E-state index in [4.69, 9.17) is 5.11 Å². The maximum Gasteiger partial charge on any atom is 0.345 e. The Morgan fingerprint density at radius 2 is 2.16 bits per heavy atom. The summed E-state index contributed by atoms with van der Waals surface area (Å²) in [6.07, 6.45) is 0.528. The van der Waals surface area contributed by atoms with Gasteiger partial charge in [-0.1, -0.05) is 0 Å². The highest BCUT2D eigenvalue weighted by molar-refractivity contribution is 7.18. The van der Waals surface area contributed by atoms with Crippen molar-refractivity contribution >= 4 is 39.8 Å². The Balaban J connectivity index is 2.06. The van der Waals surface area contributed by atoms with Crippen LogP contribution in [0.3, 0.4) is 0 Å². The summed E-state index contributed by atoms with van der Waals surface area (Å²) in [4.78, 5) is 34.0. The van der Waals surface area contributed by atoms with Gasteiger partial charge in [0.2, 0.25) is 5.91 Å². The predicted molar refractivity (Wildman–Crippen MR) is 69.3 cm³/mol. The quantitative estimate of drug-likeness (QED) is 0.863. The predicted octanol–water partition coefficient (Wildman–Crippen LogP) is 0.993. The average Bonchev–Trinajstić information content (AvgIpc) is 2.81. The van der Waals surface area contributed by atoms with Crippen LogP contribution >= 0.6 is 11.3 Å². The van der Waals surface area contributed by atoms with E-state index in [9.17, 15) is 14.4 Å². The summed E-state index contributed by atoms with van der Waals surface area (Å²) in [5, 5.41) is 16.8. The van der Waals surface area contributed by atoms with Crippen molar-refractivity contribution in [2.24, 2.45) is 5.10 Å². The fourth-order valence-corrected chi connectivity index (χ4v) is 2.28. The summed E-state index contributed by atoms with van der Waals surface area (Å²) in [5.74, 6) is -1.59. The molecule has 2 N–H and O–H groups in total. The van der Waals surface area contributed by atoms with Crippen LogP contribution in [0.2, 0.25) is 0 Å². The monoisotopic (exact) mass is 281 g/mol. The van der Waals surface area contributed by atoms with E-state index in [0.717, 1.165) is 16.3 Å². The summed E-state index contributed by atoms with van der Waals surface area (Å²) in [7, 11) is 1.49. The second kappa shape index (κ2) is 5.19. The van der Waals surface area contributed by atoms with Gasteiger partial charge in [-0.2, -0.15) is 5.10 Å². The normalized spacial score (nSPS) is 15.1. The van der Waals surface area contributed by atoms with Gasteiger partial charge in [0.05, 0.1) is 5.00 Å². The lowest BCUT2D eigenvalue weighted by molar-refractivity contribution is -0.130. The Hall–Kier alpha value is -2.22. The lowest BCUT2D eigenvalue weighted by atomic mass is 10.1. The first-order valence-electron chi connectivity index (χ1n) is 5.46. The van der Waals surface area contributed by atoms with Gasteiger partial charge in [-0.05, 0) is 12.1 Å². The zero-order chi connectivity index (χ0) is 14.0. The van der Waals surface area contributed by atoms with Gasteiger partial charge in [-0.3, -0.25) is 9.59 Å². The Bertz CT molecular complexity index is 578. The number of carboxylic acid groups (broad SMARTS) is 1. The molecule has 7 nitrogen and oxygen atoms in total. The SMILES string of the molecule is CN1N=C(C(=O)Nc2ccc(C(=O)O)s2)CCC1=O. The van der Waals surface area contributed by atoms with Gasteiger partial charge in [-0.15, -0.1) is 11.3 Å². The number of anilines is 1. The third kappa shape index (κ3) is 2.97. The van der Waals surface area contributed by atoms with Crippen LogP contribution in [0.1, 0.15) is 22.5 Å². The van der Waals surface area contributed by atoms with Gasteiger partial charge < -0.3 is 10.4 Å².